The molecule has 0 spiro atoms. The minimum atomic E-state index is 0.228. The van der Waals surface area contributed by atoms with E-state index in [0.29, 0.717) is 0 Å². The van der Waals surface area contributed by atoms with Gasteiger partial charge in [-0.25, -0.2) is 0 Å². The predicted octanol–water partition coefficient (Wildman–Crippen LogP) is 3.76. The Morgan fingerprint density at radius 3 is 2.44 bits per heavy atom. The van der Waals surface area contributed by atoms with Crippen LogP contribution in [-0.4, -0.2) is 42.0 Å². The van der Waals surface area contributed by atoms with Crippen molar-refractivity contribution in [2.24, 2.45) is 0 Å². The van der Waals surface area contributed by atoms with E-state index in [1.807, 2.05) is 29.4 Å². The average molecular weight is 356 g/mol. The van der Waals surface area contributed by atoms with Crippen LogP contribution in [0.2, 0.25) is 0 Å². The highest BCUT2D eigenvalue weighted by atomic mass is 32.1. The van der Waals surface area contributed by atoms with Crippen LogP contribution in [-0.2, 0) is 12.8 Å². The molecule has 0 unspecified atom stereocenters. The number of amides is 1. The molecule has 0 saturated carbocycles. The lowest BCUT2D eigenvalue weighted by molar-refractivity contribution is 0.0751. The highest BCUT2D eigenvalue weighted by Crippen LogP contribution is 2.29. The fourth-order valence-electron chi connectivity index (χ4n) is 3.83. The minimum Gasteiger partial charge on any atom is -0.368 e. The van der Waals surface area contributed by atoms with Crippen molar-refractivity contribution in [1.82, 2.24) is 9.88 Å². The minimum absolute atomic E-state index is 0.228. The van der Waals surface area contributed by atoms with E-state index in [2.05, 4.69) is 16.0 Å². The number of nitrogens with zero attached hydrogens (tertiary/aromatic N) is 3. The second-order valence-corrected chi connectivity index (χ2v) is 8.09. The smallest absolute Gasteiger partial charge is 0.264 e. The van der Waals surface area contributed by atoms with Crippen LogP contribution in [0.1, 0.15) is 45.8 Å². The van der Waals surface area contributed by atoms with Crippen LogP contribution in [0, 0.1) is 0 Å². The molecule has 4 nitrogen and oxygen atoms in total. The summed E-state index contributed by atoms with van der Waals surface area (Å²) in [5, 5.41) is 0. The number of carbonyl (C=O) groups excluding carboxylic acids is 1. The number of hydrogen-bond donors (Lipinski definition) is 0. The molecule has 1 amide bonds. The van der Waals surface area contributed by atoms with Gasteiger partial charge in [-0.2, -0.15) is 0 Å². The van der Waals surface area contributed by atoms with E-state index in [0.717, 1.165) is 43.9 Å². The highest BCUT2D eigenvalue weighted by molar-refractivity contribution is 7.14. The predicted molar refractivity (Wildman–Crippen MR) is 103 cm³/mol. The normalized spacial score (nSPS) is 18.4. The molecule has 1 saturated heterocycles. The number of rotatable bonds is 2. The van der Waals surface area contributed by atoms with Gasteiger partial charge in [0.1, 0.15) is 0 Å². The molecule has 1 aliphatic heterocycles. The van der Waals surface area contributed by atoms with Crippen molar-refractivity contribution in [2.75, 3.05) is 31.1 Å². The van der Waals surface area contributed by atoms with Gasteiger partial charge in [-0.05, 0) is 49.4 Å². The van der Waals surface area contributed by atoms with Crippen LogP contribution in [0.5, 0.6) is 0 Å². The molecule has 0 radical (unpaired) electrons. The maximum atomic E-state index is 12.9. The van der Waals surface area contributed by atoms with Crippen LogP contribution >= 0.6 is 11.3 Å². The third kappa shape index (κ3) is 3.71. The van der Waals surface area contributed by atoms with Gasteiger partial charge >= 0.3 is 0 Å². The summed E-state index contributed by atoms with van der Waals surface area (Å²) in [5.74, 6) is 0.228. The van der Waals surface area contributed by atoms with E-state index in [1.165, 1.54) is 41.8 Å². The first-order chi connectivity index (χ1) is 12.3. The summed E-state index contributed by atoms with van der Waals surface area (Å²) in [7, 11) is 0. The number of aryl methyl sites for hydroxylation is 2. The molecule has 25 heavy (non-hydrogen) atoms. The molecule has 132 valence electrons. The number of carbonyl (C=O) groups is 1. The number of pyridine rings is 1. The Labute approximate surface area is 153 Å². The Morgan fingerprint density at radius 2 is 1.68 bits per heavy atom. The van der Waals surface area contributed by atoms with Gasteiger partial charge in [0, 0.05) is 49.1 Å². The van der Waals surface area contributed by atoms with Crippen molar-refractivity contribution >= 4 is 22.9 Å². The van der Waals surface area contributed by atoms with Gasteiger partial charge in [0.05, 0.1) is 4.88 Å². The first-order valence-electron chi connectivity index (χ1n) is 9.37. The summed E-state index contributed by atoms with van der Waals surface area (Å²) in [4.78, 5) is 23.8. The molecule has 2 aromatic heterocycles. The molecule has 1 aliphatic carbocycles. The van der Waals surface area contributed by atoms with Crippen molar-refractivity contribution < 1.29 is 4.79 Å². The first-order valence-corrected chi connectivity index (χ1v) is 10.2. The number of anilines is 1. The Kier molecular flexibility index (Phi) is 5.02. The van der Waals surface area contributed by atoms with Crippen molar-refractivity contribution in [3.05, 3.63) is 45.9 Å². The van der Waals surface area contributed by atoms with Crippen LogP contribution < -0.4 is 4.90 Å². The molecule has 3 heterocycles. The highest BCUT2D eigenvalue weighted by Gasteiger charge is 2.24. The fourth-order valence-corrected chi connectivity index (χ4v) is 5.05. The maximum absolute atomic E-state index is 12.9. The molecule has 0 bridgehead atoms. The summed E-state index contributed by atoms with van der Waals surface area (Å²) in [6, 6.07) is 6.26. The third-order valence-corrected chi connectivity index (χ3v) is 6.53. The maximum Gasteiger partial charge on any atom is 0.264 e. The topological polar surface area (TPSA) is 36.4 Å². The van der Waals surface area contributed by atoms with Crippen molar-refractivity contribution in [3.63, 3.8) is 0 Å². The lowest BCUT2D eigenvalue weighted by Gasteiger charge is -2.35. The molecule has 0 aromatic carbocycles. The second-order valence-electron chi connectivity index (χ2n) is 6.96. The Bertz CT molecular complexity index is 694. The Hall–Kier alpha value is -1.88. The van der Waals surface area contributed by atoms with E-state index in [4.69, 9.17) is 0 Å². The summed E-state index contributed by atoms with van der Waals surface area (Å²) in [6.07, 6.45) is 11.2. The largest absolute Gasteiger partial charge is 0.368 e. The van der Waals surface area contributed by atoms with Crippen molar-refractivity contribution in [1.29, 1.82) is 0 Å². The van der Waals surface area contributed by atoms with Gasteiger partial charge in [0.2, 0.25) is 0 Å². The van der Waals surface area contributed by atoms with Crippen molar-refractivity contribution in [3.8, 4) is 0 Å². The summed E-state index contributed by atoms with van der Waals surface area (Å²) in [5.41, 5.74) is 2.63. The zero-order valence-electron chi connectivity index (χ0n) is 14.6. The van der Waals surface area contributed by atoms with Crippen molar-refractivity contribution in [2.45, 2.75) is 38.5 Å². The van der Waals surface area contributed by atoms with Crippen LogP contribution in [0.25, 0.3) is 0 Å². The van der Waals surface area contributed by atoms with E-state index >= 15 is 0 Å². The van der Waals surface area contributed by atoms with Gasteiger partial charge in [-0.15, -0.1) is 11.3 Å². The van der Waals surface area contributed by atoms with Gasteiger partial charge < -0.3 is 9.80 Å². The first kappa shape index (κ1) is 16.6. The molecular weight excluding hydrogens is 330 g/mol. The SMILES string of the molecule is O=C(c1cc2c(s1)CCCCCC2)N1CCN(c2ccncc2)CC1. The summed E-state index contributed by atoms with van der Waals surface area (Å²) >= 11 is 1.74. The quantitative estimate of drug-likeness (QED) is 0.823. The van der Waals surface area contributed by atoms with Gasteiger partial charge in [0.15, 0.2) is 0 Å². The number of hydrogen-bond acceptors (Lipinski definition) is 4. The molecule has 4 rings (SSSR count). The third-order valence-electron chi connectivity index (χ3n) is 5.30. The second kappa shape index (κ2) is 7.56. The summed E-state index contributed by atoms with van der Waals surface area (Å²) in [6.45, 7) is 3.37. The number of fused-ring (bicyclic) bond motifs is 1. The van der Waals surface area contributed by atoms with Gasteiger partial charge in [-0.1, -0.05) is 12.8 Å². The van der Waals surface area contributed by atoms with E-state index in [-0.39, 0.29) is 5.91 Å². The molecule has 0 atom stereocenters. The number of piperazine rings is 1. The number of thiophene rings is 1. The molecular formula is C20H25N3OS. The Morgan fingerprint density at radius 1 is 0.960 bits per heavy atom. The molecule has 2 aromatic rings. The molecule has 0 N–H and O–H groups in total. The zero-order chi connectivity index (χ0) is 17.1. The molecule has 1 fully saturated rings. The van der Waals surface area contributed by atoms with E-state index in [9.17, 15) is 4.79 Å². The van der Waals surface area contributed by atoms with Crippen LogP contribution in [0.4, 0.5) is 5.69 Å². The molecule has 2 aliphatic rings. The lowest BCUT2D eigenvalue weighted by Crippen LogP contribution is -2.48. The fraction of sp³-hybridized carbons (Fsp3) is 0.500. The van der Waals surface area contributed by atoms with E-state index in [1.54, 1.807) is 11.3 Å². The van der Waals surface area contributed by atoms with Gasteiger partial charge in [-0.3, -0.25) is 9.78 Å². The summed E-state index contributed by atoms with van der Waals surface area (Å²) < 4.78 is 0. The standard InChI is InChI=1S/C20H25N3OS/c24-20(19-15-16-5-3-1-2-4-6-18(16)25-19)23-13-11-22(12-14-23)17-7-9-21-10-8-17/h7-10,15H,1-6,11-14H2. The lowest BCUT2D eigenvalue weighted by atomic mass is 10.00. The molecule has 5 heteroatoms. The van der Waals surface area contributed by atoms with E-state index < -0.39 is 0 Å². The van der Waals surface area contributed by atoms with Crippen LogP contribution in [0.3, 0.4) is 0 Å². The number of aromatic nitrogens is 1. The average Bonchev–Trinajstić information content (AvgIpc) is 3.04. The van der Waals surface area contributed by atoms with Gasteiger partial charge in [0.25, 0.3) is 5.91 Å². The zero-order valence-corrected chi connectivity index (χ0v) is 15.4. The Balaban J connectivity index is 1.41. The van der Waals surface area contributed by atoms with Crippen LogP contribution in [0.15, 0.2) is 30.6 Å². The monoisotopic (exact) mass is 355 g/mol.